The molecule has 1 aromatic heterocycles. The molecule has 0 unspecified atom stereocenters. The lowest BCUT2D eigenvalue weighted by Crippen LogP contribution is -2.10. The van der Waals surface area contributed by atoms with Crippen molar-refractivity contribution in [2.24, 2.45) is 0 Å². The number of methoxy groups -OCH3 is 1. The second-order valence-electron chi connectivity index (χ2n) is 7.12. The zero-order valence-corrected chi connectivity index (χ0v) is 18.6. The first-order valence-corrected chi connectivity index (χ1v) is 11.2. The lowest BCUT2D eigenvalue weighted by molar-refractivity contribution is 0.102. The Morgan fingerprint density at radius 3 is 2.66 bits per heavy atom. The molecule has 162 valence electrons. The molecule has 0 bridgehead atoms. The predicted octanol–water partition coefficient (Wildman–Crippen LogP) is 5.21. The maximum Gasteiger partial charge on any atom is 0.192 e. The molecule has 0 saturated heterocycles. The van der Waals surface area contributed by atoms with Gasteiger partial charge in [-0.2, -0.15) is 0 Å². The number of nitrogens with zero attached hydrogens (tertiary/aromatic N) is 3. The third kappa shape index (κ3) is 4.84. The molecule has 0 fully saturated rings. The molecular formula is C25H24N4O2S. The van der Waals surface area contributed by atoms with Gasteiger partial charge in [0.15, 0.2) is 16.8 Å². The minimum absolute atomic E-state index is 0.0289. The number of allylic oxidation sites excluding steroid dienone is 1. The van der Waals surface area contributed by atoms with Gasteiger partial charge in [-0.25, -0.2) is 0 Å². The average Bonchev–Trinajstić information content (AvgIpc) is 3.22. The molecule has 0 spiro atoms. The number of carbonyl (C=O) groups is 1. The van der Waals surface area contributed by atoms with E-state index >= 15 is 0 Å². The second-order valence-corrected chi connectivity index (χ2v) is 8.06. The van der Waals surface area contributed by atoms with Gasteiger partial charge in [-0.3, -0.25) is 4.79 Å². The van der Waals surface area contributed by atoms with Crippen molar-refractivity contribution in [3.8, 4) is 5.75 Å². The number of hydrogen-bond acceptors (Lipinski definition) is 6. The smallest absolute Gasteiger partial charge is 0.192 e. The van der Waals surface area contributed by atoms with E-state index in [1.165, 1.54) is 17.1 Å². The lowest BCUT2D eigenvalue weighted by Gasteiger charge is -2.11. The van der Waals surface area contributed by atoms with Crippen LogP contribution in [-0.2, 0) is 13.1 Å². The van der Waals surface area contributed by atoms with E-state index < -0.39 is 0 Å². The SMILES string of the molecule is C=CCn1c(CNc2cccc3ccccc23)nnc1SCC(=O)c1ccc(OC)cc1. The molecule has 4 aromatic rings. The molecule has 6 nitrogen and oxygen atoms in total. The van der Waals surface area contributed by atoms with Crippen LogP contribution in [0.3, 0.4) is 0 Å². The molecule has 1 heterocycles. The molecule has 0 aliphatic rings. The van der Waals surface area contributed by atoms with Gasteiger partial charge in [0.1, 0.15) is 5.75 Å². The van der Waals surface area contributed by atoms with Crippen molar-refractivity contribution in [1.82, 2.24) is 14.8 Å². The summed E-state index contributed by atoms with van der Waals surface area (Å²) < 4.78 is 7.13. The summed E-state index contributed by atoms with van der Waals surface area (Å²) in [6.07, 6.45) is 1.81. The zero-order chi connectivity index (χ0) is 22.3. The molecule has 0 saturated carbocycles. The van der Waals surface area contributed by atoms with Gasteiger partial charge in [0.05, 0.1) is 19.4 Å². The highest BCUT2D eigenvalue weighted by Gasteiger charge is 2.15. The Labute approximate surface area is 191 Å². The van der Waals surface area contributed by atoms with Crippen LogP contribution in [0.25, 0.3) is 10.8 Å². The van der Waals surface area contributed by atoms with Crippen molar-refractivity contribution in [3.05, 3.63) is 90.8 Å². The molecule has 0 aliphatic carbocycles. The second kappa shape index (κ2) is 10.2. The van der Waals surface area contributed by atoms with E-state index in [0.29, 0.717) is 23.8 Å². The Bertz CT molecular complexity index is 1230. The molecule has 0 radical (unpaired) electrons. The van der Waals surface area contributed by atoms with Gasteiger partial charge in [0.2, 0.25) is 0 Å². The Morgan fingerprint density at radius 1 is 1.09 bits per heavy atom. The number of anilines is 1. The molecule has 7 heteroatoms. The molecule has 0 aliphatic heterocycles. The fraction of sp³-hybridized carbons (Fsp3) is 0.160. The van der Waals surface area contributed by atoms with Gasteiger partial charge >= 0.3 is 0 Å². The highest BCUT2D eigenvalue weighted by Crippen LogP contribution is 2.24. The maximum atomic E-state index is 12.6. The Balaban J connectivity index is 1.45. The number of ether oxygens (including phenoxy) is 1. The predicted molar refractivity (Wildman–Crippen MR) is 130 cm³/mol. The summed E-state index contributed by atoms with van der Waals surface area (Å²) in [6.45, 7) is 4.94. The number of thioether (sulfide) groups is 1. The first-order chi connectivity index (χ1) is 15.7. The van der Waals surface area contributed by atoms with Gasteiger partial charge in [0.25, 0.3) is 0 Å². The van der Waals surface area contributed by atoms with Crippen LogP contribution in [-0.4, -0.2) is 33.4 Å². The van der Waals surface area contributed by atoms with Gasteiger partial charge in [-0.05, 0) is 35.7 Å². The number of aromatic nitrogens is 3. The first kappa shape index (κ1) is 21.6. The molecule has 0 atom stereocenters. The van der Waals surface area contributed by atoms with E-state index in [0.717, 1.165) is 22.6 Å². The van der Waals surface area contributed by atoms with Crippen LogP contribution in [0.4, 0.5) is 5.69 Å². The van der Waals surface area contributed by atoms with Crippen LogP contribution >= 0.6 is 11.8 Å². The maximum absolute atomic E-state index is 12.6. The fourth-order valence-corrected chi connectivity index (χ4v) is 4.27. The highest BCUT2D eigenvalue weighted by molar-refractivity contribution is 7.99. The zero-order valence-electron chi connectivity index (χ0n) is 17.8. The molecule has 1 N–H and O–H groups in total. The van der Waals surface area contributed by atoms with Gasteiger partial charge < -0.3 is 14.6 Å². The van der Waals surface area contributed by atoms with Crippen molar-refractivity contribution < 1.29 is 9.53 Å². The van der Waals surface area contributed by atoms with Crippen molar-refractivity contribution in [2.45, 2.75) is 18.2 Å². The summed E-state index contributed by atoms with van der Waals surface area (Å²) in [5.74, 6) is 1.82. The number of Topliss-reactive ketones (excluding diaryl/α,β-unsaturated/α-hetero) is 1. The third-order valence-electron chi connectivity index (χ3n) is 5.08. The number of carbonyl (C=O) groups excluding carboxylic acids is 1. The minimum Gasteiger partial charge on any atom is -0.497 e. The number of hydrogen-bond donors (Lipinski definition) is 1. The number of rotatable bonds is 10. The molecule has 3 aromatic carbocycles. The van der Waals surface area contributed by atoms with Crippen molar-refractivity contribution in [3.63, 3.8) is 0 Å². The van der Waals surface area contributed by atoms with Crippen LogP contribution < -0.4 is 10.1 Å². The largest absolute Gasteiger partial charge is 0.497 e. The summed E-state index contributed by atoms with van der Waals surface area (Å²) in [7, 11) is 1.60. The van der Waals surface area contributed by atoms with Crippen LogP contribution in [0.15, 0.2) is 84.5 Å². The minimum atomic E-state index is 0.0289. The van der Waals surface area contributed by atoms with Crippen LogP contribution in [0.5, 0.6) is 5.75 Å². The average molecular weight is 445 g/mol. The van der Waals surface area contributed by atoms with Gasteiger partial charge in [-0.15, -0.1) is 16.8 Å². The Hall–Kier alpha value is -3.58. The number of fused-ring (bicyclic) bond motifs is 1. The summed E-state index contributed by atoms with van der Waals surface area (Å²) in [6, 6.07) is 21.6. The van der Waals surface area contributed by atoms with E-state index in [4.69, 9.17) is 4.74 Å². The topological polar surface area (TPSA) is 69.0 Å². The number of nitrogens with one attached hydrogen (secondary N) is 1. The molecule has 4 rings (SSSR count). The van der Waals surface area contributed by atoms with Gasteiger partial charge in [-0.1, -0.05) is 54.2 Å². The van der Waals surface area contributed by atoms with E-state index in [-0.39, 0.29) is 11.5 Å². The summed E-state index contributed by atoms with van der Waals surface area (Å²) >= 11 is 1.38. The van der Waals surface area contributed by atoms with Crippen LogP contribution in [0, 0.1) is 0 Å². The monoisotopic (exact) mass is 444 g/mol. The van der Waals surface area contributed by atoms with Crippen LogP contribution in [0.1, 0.15) is 16.2 Å². The summed E-state index contributed by atoms with van der Waals surface area (Å²) in [4.78, 5) is 12.6. The normalized spacial score (nSPS) is 10.8. The standard InChI is InChI=1S/C25H24N4O2S/c1-3-15-29-24(16-26-22-10-6-8-18-7-4-5-9-21(18)22)27-28-25(29)32-17-23(30)19-11-13-20(31-2)14-12-19/h3-14,26H,1,15-17H2,2H3. The number of benzene rings is 3. The van der Waals surface area contributed by atoms with Crippen molar-refractivity contribution in [2.75, 3.05) is 18.2 Å². The van der Waals surface area contributed by atoms with Crippen molar-refractivity contribution in [1.29, 1.82) is 0 Å². The number of ketones is 1. The van der Waals surface area contributed by atoms with E-state index in [9.17, 15) is 4.79 Å². The Kier molecular flexibility index (Phi) is 6.87. The molecule has 32 heavy (non-hydrogen) atoms. The summed E-state index contributed by atoms with van der Waals surface area (Å²) in [5, 5.41) is 15.2. The Morgan fingerprint density at radius 2 is 1.88 bits per heavy atom. The first-order valence-electron chi connectivity index (χ1n) is 10.2. The van der Waals surface area contributed by atoms with Gasteiger partial charge in [0, 0.05) is 23.2 Å². The van der Waals surface area contributed by atoms with Crippen molar-refractivity contribution >= 4 is 34.0 Å². The van der Waals surface area contributed by atoms with Crippen LogP contribution in [0.2, 0.25) is 0 Å². The highest BCUT2D eigenvalue weighted by atomic mass is 32.2. The fourth-order valence-electron chi connectivity index (χ4n) is 3.41. The third-order valence-corrected chi connectivity index (χ3v) is 6.04. The van der Waals surface area contributed by atoms with E-state index in [1.54, 1.807) is 37.5 Å². The van der Waals surface area contributed by atoms with E-state index in [2.05, 4.69) is 46.4 Å². The quantitative estimate of drug-likeness (QED) is 0.206. The van der Waals surface area contributed by atoms with E-state index in [1.807, 2.05) is 22.8 Å². The summed E-state index contributed by atoms with van der Waals surface area (Å²) in [5.41, 5.74) is 1.69. The lowest BCUT2D eigenvalue weighted by atomic mass is 10.1. The molecule has 0 amide bonds. The molecular weight excluding hydrogens is 420 g/mol.